The minimum Gasteiger partial charge on any atom is -0.376 e. The third-order valence-electron chi connectivity index (χ3n) is 2.38. The van der Waals surface area contributed by atoms with Gasteiger partial charge in [-0.2, -0.15) is 31.6 Å². The van der Waals surface area contributed by atoms with E-state index in [1.54, 1.807) is 6.07 Å². The number of carbonyl (C=O) groups excluding carboxylic acids is 1. The first-order valence-electron chi connectivity index (χ1n) is 5.71. The minimum atomic E-state index is -4.74. The van der Waals surface area contributed by atoms with Crippen LogP contribution in [-0.2, 0) is 11.0 Å². The molecule has 0 spiro atoms. The molecular formula is C12H9F6N3O. The summed E-state index contributed by atoms with van der Waals surface area (Å²) in [6.07, 6.45) is -9.35. The molecule has 0 aliphatic carbocycles. The first kappa shape index (κ1) is 17.6. The fraction of sp³-hybridized carbons (Fsp3) is 0.333. The Morgan fingerprint density at radius 3 is 2.32 bits per heavy atom. The molecule has 0 saturated carbocycles. The van der Waals surface area contributed by atoms with Crippen molar-refractivity contribution in [2.24, 2.45) is 0 Å². The summed E-state index contributed by atoms with van der Waals surface area (Å²) in [5.74, 6) is -1.13. The maximum absolute atomic E-state index is 12.7. The van der Waals surface area contributed by atoms with Crippen molar-refractivity contribution in [3.63, 3.8) is 0 Å². The lowest BCUT2D eigenvalue weighted by atomic mass is 10.1. The number of benzene rings is 1. The Hall–Kier alpha value is -2.44. The van der Waals surface area contributed by atoms with Gasteiger partial charge in [0.15, 0.2) is 0 Å². The summed E-state index contributed by atoms with van der Waals surface area (Å²) in [7, 11) is 0. The number of halogens is 6. The molecule has 22 heavy (non-hydrogen) atoms. The summed E-state index contributed by atoms with van der Waals surface area (Å²) < 4.78 is 73.9. The smallest absolute Gasteiger partial charge is 0.376 e. The SMILES string of the molecule is N#Cc1ccc(C(F)(F)F)c(NCC(=O)NCC(F)(F)F)c1. The highest BCUT2D eigenvalue weighted by atomic mass is 19.4. The zero-order chi connectivity index (χ0) is 17.0. The number of nitriles is 1. The average Bonchev–Trinajstić information content (AvgIpc) is 2.40. The average molecular weight is 325 g/mol. The lowest BCUT2D eigenvalue weighted by molar-refractivity contribution is -0.137. The van der Waals surface area contributed by atoms with Crippen LogP contribution in [0.25, 0.3) is 0 Å². The molecule has 0 atom stereocenters. The van der Waals surface area contributed by atoms with Crippen molar-refractivity contribution >= 4 is 11.6 Å². The maximum Gasteiger partial charge on any atom is 0.418 e. The maximum atomic E-state index is 12.7. The van der Waals surface area contributed by atoms with Gasteiger partial charge in [-0.05, 0) is 18.2 Å². The van der Waals surface area contributed by atoms with Gasteiger partial charge in [0.1, 0.15) is 6.54 Å². The van der Waals surface area contributed by atoms with Crippen LogP contribution in [0, 0.1) is 11.3 Å². The molecule has 1 amide bonds. The van der Waals surface area contributed by atoms with Crippen molar-refractivity contribution in [1.29, 1.82) is 5.26 Å². The Morgan fingerprint density at radius 1 is 1.18 bits per heavy atom. The van der Waals surface area contributed by atoms with Crippen LogP contribution in [-0.4, -0.2) is 25.2 Å². The number of hydrogen-bond acceptors (Lipinski definition) is 3. The second-order valence-electron chi connectivity index (χ2n) is 4.12. The van der Waals surface area contributed by atoms with E-state index in [9.17, 15) is 31.1 Å². The van der Waals surface area contributed by atoms with E-state index >= 15 is 0 Å². The number of anilines is 1. The largest absolute Gasteiger partial charge is 0.418 e. The van der Waals surface area contributed by atoms with E-state index in [2.05, 4.69) is 5.32 Å². The molecule has 0 bridgehead atoms. The van der Waals surface area contributed by atoms with Crippen LogP contribution >= 0.6 is 0 Å². The summed E-state index contributed by atoms with van der Waals surface area (Å²) in [6.45, 7) is -2.38. The molecule has 0 unspecified atom stereocenters. The molecule has 120 valence electrons. The zero-order valence-electron chi connectivity index (χ0n) is 10.8. The number of amides is 1. The topological polar surface area (TPSA) is 64.9 Å². The molecule has 10 heteroatoms. The summed E-state index contributed by atoms with van der Waals surface area (Å²) >= 11 is 0. The molecule has 0 aliphatic heterocycles. The molecule has 1 rings (SSSR count). The van der Waals surface area contributed by atoms with Gasteiger partial charge < -0.3 is 10.6 Å². The monoisotopic (exact) mass is 325 g/mol. The van der Waals surface area contributed by atoms with Crippen molar-refractivity contribution in [2.75, 3.05) is 18.4 Å². The Morgan fingerprint density at radius 2 is 1.82 bits per heavy atom. The van der Waals surface area contributed by atoms with Gasteiger partial charge in [0.25, 0.3) is 0 Å². The highest BCUT2D eigenvalue weighted by molar-refractivity contribution is 5.81. The summed E-state index contributed by atoms with van der Waals surface area (Å²) in [5.41, 5.74) is -1.78. The predicted octanol–water partition coefficient (Wildman–Crippen LogP) is 2.67. The lowest BCUT2D eigenvalue weighted by Gasteiger charge is -2.15. The Kier molecular flexibility index (Phi) is 5.24. The van der Waals surface area contributed by atoms with E-state index in [1.807, 2.05) is 0 Å². The Bertz CT molecular complexity index is 588. The standard InChI is InChI=1S/C12H9F6N3O/c13-11(14,15)6-21-10(22)5-20-9-3-7(4-19)1-2-8(9)12(16,17)18/h1-3,20H,5-6H2,(H,21,22). The first-order valence-corrected chi connectivity index (χ1v) is 5.71. The van der Waals surface area contributed by atoms with Crippen LogP contribution in [0.3, 0.4) is 0 Å². The van der Waals surface area contributed by atoms with Crippen molar-refractivity contribution < 1.29 is 31.1 Å². The summed E-state index contributed by atoms with van der Waals surface area (Å²) in [5, 5.41) is 12.2. The zero-order valence-corrected chi connectivity index (χ0v) is 10.8. The molecule has 2 N–H and O–H groups in total. The van der Waals surface area contributed by atoms with Gasteiger partial charge in [-0.15, -0.1) is 0 Å². The number of carbonyl (C=O) groups is 1. The molecule has 0 saturated heterocycles. The molecule has 4 nitrogen and oxygen atoms in total. The van der Waals surface area contributed by atoms with Crippen LogP contribution in [0.5, 0.6) is 0 Å². The van der Waals surface area contributed by atoms with Crippen molar-refractivity contribution in [3.8, 4) is 6.07 Å². The molecule has 1 aromatic carbocycles. The number of nitrogens with zero attached hydrogens (tertiary/aromatic N) is 1. The van der Waals surface area contributed by atoms with Gasteiger partial charge in [0.2, 0.25) is 5.91 Å². The molecule has 1 aromatic rings. The van der Waals surface area contributed by atoms with Gasteiger partial charge in [0, 0.05) is 5.69 Å². The predicted molar refractivity (Wildman–Crippen MR) is 63.7 cm³/mol. The summed E-state index contributed by atoms with van der Waals surface area (Å²) in [6, 6.07) is 4.07. The number of rotatable bonds is 4. The second kappa shape index (κ2) is 6.55. The van der Waals surface area contributed by atoms with Crippen LogP contribution in [0.15, 0.2) is 18.2 Å². The molecule has 0 fully saturated rings. The van der Waals surface area contributed by atoms with Crippen molar-refractivity contribution in [1.82, 2.24) is 5.32 Å². The molecular weight excluding hydrogens is 316 g/mol. The molecule has 0 aliphatic rings. The van der Waals surface area contributed by atoms with E-state index in [4.69, 9.17) is 5.26 Å². The fourth-order valence-electron chi connectivity index (χ4n) is 1.44. The molecule has 0 heterocycles. The quantitative estimate of drug-likeness (QED) is 0.837. The second-order valence-corrected chi connectivity index (χ2v) is 4.12. The number of hydrogen-bond donors (Lipinski definition) is 2. The highest BCUT2D eigenvalue weighted by Gasteiger charge is 2.33. The van der Waals surface area contributed by atoms with E-state index in [-0.39, 0.29) is 5.56 Å². The van der Waals surface area contributed by atoms with Crippen molar-refractivity contribution in [2.45, 2.75) is 12.4 Å². The lowest BCUT2D eigenvalue weighted by Crippen LogP contribution is -2.37. The fourth-order valence-corrected chi connectivity index (χ4v) is 1.44. The van der Waals surface area contributed by atoms with E-state index in [0.29, 0.717) is 6.07 Å². The summed E-state index contributed by atoms with van der Waals surface area (Å²) in [4.78, 5) is 11.2. The van der Waals surface area contributed by atoms with Gasteiger partial charge in [-0.3, -0.25) is 4.79 Å². The van der Waals surface area contributed by atoms with Crippen LogP contribution in [0.4, 0.5) is 32.0 Å². The Labute approximate surface area is 120 Å². The van der Waals surface area contributed by atoms with Crippen LogP contribution in [0.2, 0.25) is 0 Å². The normalized spacial score (nSPS) is 11.7. The third-order valence-corrected chi connectivity index (χ3v) is 2.38. The number of nitrogens with one attached hydrogen (secondary N) is 2. The first-order chi connectivity index (χ1) is 10.0. The number of alkyl halides is 6. The third kappa shape index (κ3) is 5.51. The van der Waals surface area contributed by atoms with Crippen LogP contribution in [0.1, 0.15) is 11.1 Å². The van der Waals surface area contributed by atoms with Gasteiger partial charge in [-0.25, -0.2) is 0 Å². The van der Waals surface area contributed by atoms with Crippen LogP contribution < -0.4 is 10.6 Å². The van der Waals surface area contributed by atoms with Gasteiger partial charge in [0.05, 0.1) is 23.7 Å². The molecule has 0 aromatic heterocycles. The van der Waals surface area contributed by atoms with Gasteiger partial charge >= 0.3 is 12.4 Å². The van der Waals surface area contributed by atoms with Gasteiger partial charge in [-0.1, -0.05) is 0 Å². The van der Waals surface area contributed by atoms with E-state index in [1.165, 1.54) is 5.32 Å². The minimum absolute atomic E-state index is 0.0915. The molecule has 0 radical (unpaired) electrons. The Balaban J connectivity index is 2.80. The van der Waals surface area contributed by atoms with E-state index in [0.717, 1.165) is 12.1 Å². The van der Waals surface area contributed by atoms with Crippen molar-refractivity contribution in [3.05, 3.63) is 29.3 Å². The van der Waals surface area contributed by atoms with E-state index < -0.39 is 42.6 Å². The highest BCUT2D eigenvalue weighted by Crippen LogP contribution is 2.35.